The lowest BCUT2D eigenvalue weighted by Crippen LogP contribution is -2.37. The van der Waals surface area contributed by atoms with Crippen LogP contribution in [0.3, 0.4) is 0 Å². The maximum Gasteiger partial charge on any atom is 0.233 e. The molecule has 0 unspecified atom stereocenters. The van der Waals surface area contributed by atoms with Crippen LogP contribution in [0.4, 0.5) is 0 Å². The number of fused-ring (bicyclic) bond motifs is 1. The van der Waals surface area contributed by atoms with Crippen molar-refractivity contribution in [3.8, 4) is 22.9 Å². The first-order valence-corrected chi connectivity index (χ1v) is 11.7. The smallest absolute Gasteiger partial charge is 0.233 e. The molecule has 2 aromatic carbocycles. The molecule has 0 fully saturated rings. The van der Waals surface area contributed by atoms with Crippen LogP contribution in [-0.4, -0.2) is 52.1 Å². The maximum atomic E-state index is 12.9. The molecule has 0 bridgehead atoms. The second-order valence-corrected chi connectivity index (χ2v) is 8.77. The summed E-state index contributed by atoms with van der Waals surface area (Å²) in [5.41, 5.74) is 3.23. The third-order valence-electron chi connectivity index (χ3n) is 5.53. The fraction of sp³-hybridized carbons (Fsp3) is 0.348. The molecule has 7 nitrogen and oxygen atoms in total. The van der Waals surface area contributed by atoms with Gasteiger partial charge in [-0.05, 0) is 60.9 Å². The van der Waals surface area contributed by atoms with Gasteiger partial charge in [0.2, 0.25) is 5.91 Å². The van der Waals surface area contributed by atoms with Crippen molar-refractivity contribution in [1.82, 2.24) is 19.7 Å². The number of thioether (sulfide) groups is 1. The highest BCUT2D eigenvalue weighted by atomic mass is 35.5. The van der Waals surface area contributed by atoms with Crippen LogP contribution in [0, 0.1) is 0 Å². The Labute approximate surface area is 196 Å². The van der Waals surface area contributed by atoms with Crippen molar-refractivity contribution in [2.24, 2.45) is 0 Å². The van der Waals surface area contributed by atoms with Gasteiger partial charge in [-0.3, -0.25) is 4.79 Å². The number of nitrogens with zero attached hydrogens (tertiary/aromatic N) is 4. The van der Waals surface area contributed by atoms with Crippen molar-refractivity contribution in [3.05, 3.63) is 52.5 Å². The number of amides is 1. The van der Waals surface area contributed by atoms with E-state index in [1.807, 2.05) is 52.8 Å². The third kappa shape index (κ3) is 4.56. The van der Waals surface area contributed by atoms with Crippen molar-refractivity contribution >= 4 is 29.3 Å². The first-order valence-electron chi connectivity index (χ1n) is 10.4. The minimum atomic E-state index is 0.0779. The molecule has 1 aliphatic rings. The predicted molar refractivity (Wildman–Crippen MR) is 126 cm³/mol. The number of carbonyl (C=O) groups excluding carboxylic acids is 1. The largest absolute Gasteiger partial charge is 0.493 e. The van der Waals surface area contributed by atoms with E-state index in [9.17, 15) is 4.79 Å². The van der Waals surface area contributed by atoms with Gasteiger partial charge in [0, 0.05) is 30.2 Å². The molecule has 32 heavy (non-hydrogen) atoms. The lowest BCUT2D eigenvalue weighted by Gasteiger charge is -2.29. The lowest BCUT2D eigenvalue weighted by molar-refractivity contribution is -0.129. The number of benzene rings is 2. The van der Waals surface area contributed by atoms with Gasteiger partial charge in [-0.1, -0.05) is 23.4 Å². The van der Waals surface area contributed by atoms with Crippen molar-refractivity contribution < 1.29 is 14.3 Å². The van der Waals surface area contributed by atoms with Crippen molar-refractivity contribution in [1.29, 1.82) is 0 Å². The Bertz CT molecular complexity index is 1120. The highest BCUT2D eigenvalue weighted by molar-refractivity contribution is 7.99. The van der Waals surface area contributed by atoms with Crippen molar-refractivity contribution in [2.45, 2.75) is 31.6 Å². The van der Waals surface area contributed by atoms with Crippen LogP contribution in [0.1, 0.15) is 18.1 Å². The highest BCUT2D eigenvalue weighted by Crippen LogP contribution is 2.33. The second kappa shape index (κ2) is 9.83. The Morgan fingerprint density at radius 2 is 1.78 bits per heavy atom. The Hall–Kier alpha value is -2.71. The summed E-state index contributed by atoms with van der Waals surface area (Å²) in [4.78, 5) is 14.8. The summed E-state index contributed by atoms with van der Waals surface area (Å²) in [6.07, 6.45) is 0.790. The summed E-state index contributed by atoms with van der Waals surface area (Å²) in [5, 5.41) is 10.1. The standard InChI is InChI=1S/C23H25ClN4O3S/c1-4-28-22(15-5-7-18(24)8-6-15)25-26-23(28)32-14-21(29)27-10-9-16-11-19(30-2)20(31-3)12-17(16)13-27/h5-8,11-12H,4,9-10,13-14H2,1-3H3. The Balaban J connectivity index is 1.44. The maximum absolute atomic E-state index is 12.9. The van der Waals surface area contributed by atoms with Gasteiger partial charge < -0.3 is 18.9 Å². The molecule has 0 spiro atoms. The number of aromatic nitrogens is 3. The zero-order chi connectivity index (χ0) is 22.7. The van der Waals surface area contributed by atoms with E-state index >= 15 is 0 Å². The van der Waals surface area contributed by atoms with Crippen LogP contribution in [0.5, 0.6) is 11.5 Å². The Morgan fingerprint density at radius 1 is 1.09 bits per heavy atom. The molecule has 9 heteroatoms. The van der Waals surface area contributed by atoms with E-state index in [0.717, 1.165) is 34.3 Å². The normalized spacial score (nSPS) is 13.1. The summed E-state index contributed by atoms with van der Waals surface area (Å²) >= 11 is 7.41. The zero-order valence-electron chi connectivity index (χ0n) is 18.3. The number of methoxy groups -OCH3 is 2. The minimum absolute atomic E-state index is 0.0779. The van der Waals surface area contributed by atoms with Gasteiger partial charge in [0.25, 0.3) is 0 Å². The third-order valence-corrected chi connectivity index (χ3v) is 6.73. The number of ether oxygens (including phenoxy) is 2. The van der Waals surface area contributed by atoms with E-state index in [1.165, 1.54) is 17.3 Å². The molecule has 1 amide bonds. The summed E-state index contributed by atoms with van der Waals surface area (Å²) in [6.45, 7) is 3.99. The minimum Gasteiger partial charge on any atom is -0.493 e. The molecule has 2 heterocycles. The topological polar surface area (TPSA) is 69.5 Å². The van der Waals surface area contributed by atoms with Crippen LogP contribution in [0.2, 0.25) is 5.02 Å². The number of hydrogen-bond acceptors (Lipinski definition) is 6. The van der Waals surface area contributed by atoms with E-state index in [0.29, 0.717) is 36.2 Å². The molecule has 4 rings (SSSR count). The molecule has 3 aromatic rings. The van der Waals surface area contributed by atoms with Crippen LogP contribution in [0.15, 0.2) is 41.6 Å². The van der Waals surface area contributed by atoms with Gasteiger partial charge in [0.05, 0.1) is 20.0 Å². The molecular formula is C23H25ClN4O3S. The van der Waals surface area contributed by atoms with E-state index in [1.54, 1.807) is 14.2 Å². The molecule has 0 N–H and O–H groups in total. The molecule has 0 saturated heterocycles. The van der Waals surface area contributed by atoms with Crippen molar-refractivity contribution in [3.63, 3.8) is 0 Å². The summed E-state index contributed by atoms with van der Waals surface area (Å²) in [7, 11) is 3.25. The molecule has 0 atom stereocenters. The van der Waals surface area contributed by atoms with Gasteiger partial charge in [-0.2, -0.15) is 0 Å². The van der Waals surface area contributed by atoms with Crippen molar-refractivity contribution in [2.75, 3.05) is 26.5 Å². The predicted octanol–water partition coefficient (Wildman–Crippen LogP) is 4.31. The van der Waals surface area contributed by atoms with E-state index in [2.05, 4.69) is 10.2 Å². The molecule has 1 aliphatic heterocycles. The zero-order valence-corrected chi connectivity index (χ0v) is 19.9. The first kappa shape index (κ1) is 22.5. The number of carbonyl (C=O) groups is 1. The summed E-state index contributed by atoms with van der Waals surface area (Å²) in [5.74, 6) is 2.56. The lowest BCUT2D eigenvalue weighted by atomic mass is 9.99. The fourth-order valence-corrected chi connectivity index (χ4v) is 4.84. The number of halogens is 1. The van der Waals surface area contributed by atoms with E-state index in [4.69, 9.17) is 21.1 Å². The average Bonchev–Trinajstić information content (AvgIpc) is 3.24. The molecule has 0 saturated carbocycles. The monoisotopic (exact) mass is 472 g/mol. The van der Waals surface area contributed by atoms with Crippen LogP contribution in [-0.2, 0) is 24.3 Å². The number of hydrogen-bond donors (Lipinski definition) is 0. The van der Waals surface area contributed by atoms with E-state index in [-0.39, 0.29) is 5.91 Å². The quantitative estimate of drug-likeness (QED) is 0.477. The van der Waals surface area contributed by atoms with Crippen LogP contribution in [0.25, 0.3) is 11.4 Å². The number of rotatable bonds is 7. The molecule has 1 aromatic heterocycles. The molecule has 0 aliphatic carbocycles. The van der Waals surface area contributed by atoms with Gasteiger partial charge in [0.1, 0.15) is 0 Å². The Morgan fingerprint density at radius 3 is 2.44 bits per heavy atom. The SMILES string of the molecule is CCn1c(SCC(=O)N2CCc3cc(OC)c(OC)cc3C2)nnc1-c1ccc(Cl)cc1. The molecule has 168 valence electrons. The fourth-order valence-electron chi connectivity index (χ4n) is 3.81. The van der Waals surface area contributed by atoms with E-state index < -0.39 is 0 Å². The molecular weight excluding hydrogens is 448 g/mol. The van der Waals surface area contributed by atoms with Gasteiger partial charge in [-0.15, -0.1) is 10.2 Å². The summed E-state index contributed by atoms with van der Waals surface area (Å²) in [6, 6.07) is 11.5. The first-order chi connectivity index (χ1) is 15.5. The molecule has 0 radical (unpaired) electrons. The van der Waals surface area contributed by atoms with Gasteiger partial charge >= 0.3 is 0 Å². The highest BCUT2D eigenvalue weighted by Gasteiger charge is 2.24. The second-order valence-electron chi connectivity index (χ2n) is 7.39. The van der Waals surface area contributed by atoms with Gasteiger partial charge in [-0.25, -0.2) is 0 Å². The Kier molecular flexibility index (Phi) is 6.91. The van der Waals surface area contributed by atoms with Crippen LogP contribution >= 0.6 is 23.4 Å². The van der Waals surface area contributed by atoms with Crippen LogP contribution < -0.4 is 9.47 Å². The van der Waals surface area contributed by atoms with Gasteiger partial charge in [0.15, 0.2) is 22.5 Å². The summed E-state index contributed by atoms with van der Waals surface area (Å²) < 4.78 is 12.8. The average molecular weight is 473 g/mol.